The first-order valence-corrected chi connectivity index (χ1v) is 2.21. The monoisotopic (exact) mass is 111 g/mol. The molecule has 2 nitrogen and oxygen atoms in total. The van der Waals surface area contributed by atoms with Gasteiger partial charge in [-0.2, -0.15) is 0 Å². The van der Waals surface area contributed by atoms with E-state index in [1.807, 2.05) is 0 Å². The van der Waals surface area contributed by atoms with E-state index in [1.54, 1.807) is 6.92 Å². The molecule has 0 saturated carbocycles. The summed E-state index contributed by atoms with van der Waals surface area (Å²) in [6, 6.07) is 0. The highest BCUT2D eigenvalue weighted by Gasteiger charge is 1.87. The number of rotatable bonds is 2. The molecule has 0 aromatic carbocycles. The molecular weight excluding hydrogens is 102 g/mol. The van der Waals surface area contributed by atoms with E-state index >= 15 is 0 Å². The highest BCUT2D eigenvalue weighted by molar-refractivity contribution is 5.30. The van der Waals surface area contributed by atoms with Gasteiger partial charge in [-0.3, -0.25) is 0 Å². The molecule has 0 aromatic rings. The average Bonchev–Trinajstić information content (AvgIpc) is 1.84. The fraction of sp³-hybridized carbons (Fsp3) is 0.167. The number of hydrogen-bond acceptors (Lipinski definition) is 2. The number of nitrogens with zero attached hydrogens (tertiary/aromatic N) is 1. The molecule has 0 rings (SSSR count). The van der Waals surface area contributed by atoms with Gasteiger partial charge in [0.05, 0.1) is 0 Å². The maximum Gasteiger partial charge on any atom is 0.213 e. The molecule has 0 spiro atoms. The van der Waals surface area contributed by atoms with Crippen molar-refractivity contribution in [2.24, 2.45) is 4.99 Å². The number of aliphatic hydroxyl groups excluding tert-OH is 1. The SMILES string of the molecule is C=C/C(C)=C(/O)N=C. The van der Waals surface area contributed by atoms with Crippen molar-refractivity contribution in [2.75, 3.05) is 0 Å². The normalized spacial score (nSPS) is 12.1. The number of aliphatic hydroxyl groups is 1. The van der Waals surface area contributed by atoms with Crippen molar-refractivity contribution < 1.29 is 5.11 Å². The molecule has 0 unspecified atom stereocenters. The third-order valence-electron chi connectivity index (χ3n) is 0.809. The zero-order valence-corrected chi connectivity index (χ0v) is 4.89. The van der Waals surface area contributed by atoms with Crippen LogP contribution in [0.4, 0.5) is 0 Å². The summed E-state index contributed by atoms with van der Waals surface area (Å²) in [7, 11) is 0. The molecule has 44 valence electrons. The highest BCUT2D eigenvalue weighted by Crippen LogP contribution is 1.99. The second kappa shape index (κ2) is 3.02. The Labute approximate surface area is 48.9 Å². The molecule has 0 saturated heterocycles. The van der Waals surface area contributed by atoms with Crippen molar-refractivity contribution in [1.82, 2.24) is 0 Å². The van der Waals surface area contributed by atoms with Crippen LogP contribution < -0.4 is 0 Å². The summed E-state index contributed by atoms with van der Waals surface area (Å²) in [6.07, 6.45) is 1.52. The first kappa shape index (κ1) is 6.95. The minimum Gasteiger partial charge on any atom is -0.493 e. The van der Waals surface area contributed by atoms with E-state index in [4.69, 9.17) is 5.11 Å². The van der Waals surface area contributed by atoms with Crippen LogP contribution >= 0.6 is 0 Å². The molecule has 8 heavy (non-hydrogen) atoms. The van der Waals surface area contributed by atoms with Crippen molar-refractivity contribution in [3.63, 3.8) is 0 Å². The zero-order valence-electron chi connectivity index (χ0n) is 4.89. The Morgan fingerprint density at radius 2 is 2.25 bits per heavy atom. The van der Waals surface area contributed by atoms with Crippen LogP contribution in [0.3, 0.4) is 0 Å². The molecule has 0 aliphatic rings. The van der Waals surface area contributed by atoms with E-state index < -0.39 is 0 Å². The predicted molar refractivity (Wildman–Crippen MR) is 35.1 cm³/mol. The van der Waals surface area contributed by atoms with Crippen molar-refractivity contribution in [2.45, 2.75) is 6.92 Å². The van der Waals surface area contributed by atoms with Crippen LogP contribution in [0.1, 0.15) is 6.92 Å². The summed E-state index contributed by atoms with van der Waals surface area (Å²) in [6.45, 7) is 8.25. The zero-order chi connectivity index (χ0) is 6.57. The maximum absolute atomic E-state index is 8.71. The first-order valence-electron chi connectivity index (χ1n) is 2.21. The largest absolute Gasteiger partial charge is 0.493 e. The molecule has 0 aliphatic heterocycles. The van der Waals surface area contributed by atoms with Crippen molar-refractivity contribution in [3.8, 4) is 0 Å². The molecule has 0 atom stereocenters. The summed E-state index contributed by atoms with van der Waals surface area (Å²) in [4.78, 5) is 3.27. The lowest BCUT2D eigenvalue weighted by atomic mass is 10.3. The van der Waals surface area contributed by atoms with Crippen LogP contribution in [0.5, 0.6) is 0 Å². The Morgan fingerprint density at radius 1 is 1.75 bits per heavy atom. The second-order valence-electron chi connectivity index (χ2n) is 1.37. The van der Waals surface area contributed by atoms with E-state index in [9.17, 15) is 0 Å². The molecule has 0 bridgehead atoms. The fourth-order valence-electron chi connectivity index (χ4n) is 0.216. The fourth-order valence-corrected chi connectivity index (χ4v) is 0.216. The number of allylic oxidation sites excluding steroid dienone is 2. The topological polar surface area (TPSA) is 32.6 Å². The van der Waals surface area contributed by atoms with E-state index in [0.717, 1.165) is 0 Å². The summed E-state index contributed by atoms with van der Waals surface area (Å²) < 4.78 is 0. The standard InChI is InChI=1S/C6H9NO/c1-4-5(2)6(8)7-3/h4,8H,1,3H2,2H3/b6-5+. The molecule has 0 radical (unpaired) electrons. The van der Waals surface area contributed by atoms with Gasteiger partial charge in [0, 0.05) is 5.57 Å². The molecular formula is C6H9NO. The Kier molecular flexibility index (Phi) is 2.62. The molecule has 0 heterocycles. The van der Waals surface area contributed by atoms with Crippen LogP contribution in [0.25, 0.3) is 0 Å². The number of hydrogen-bond donors (Lipinski definition) is 1. The van der Waals surface area contributed by atoms with Gasteiger partial charge in [0.2, 0.25) is 5.88 Å². The Bertz CT molecular complexity index is 119. The lowest BCUT2D eigenvalue weighted by molar-refractivity contribution is 0.403. The predicted octanol–water partition coefficient (Wildman–Crippen LogP) is 1.66. The van der Waals surface area contributed by atoms with Gasteiger partial charge in [0.25, 0.3) is 0 Å². The molecule has 0 fully saturated rings. The van der Waals surface area contributed by atoms with Gasteiger partial charge < -0.3 is 5.11 Å². The minimum absolute atomic E-state index is 0.0556. The van der Waals surface area contributed by atoms with Gasteiger partial charge in [-0.1, -0.05) is 12.7 Å². The second-order valence-corrected chi connectivity index (χ2v) is 1.37. The Balaban J connectivity index is 4.25. The third kappa shape index (κ3) is 1.60. The maximum atomic E-state index is 8.71. The lowest BCUT2D eigenvalue weighted by Crippen LogP contribution is -1.77. The minimum atomic E-state index is -0.0556. The smallest absolute Gasteiger partial charge is 0.213 e. The molecule has 0 amide bonds. The van der Waals surface area contributed by atoms with E-state index in [0.29, 0.717) is 5.57 Å². The summed E-state index contributed by atoms with van der Waals surface area (Å²) in [5, 5.41) is 8.71. The lowest BCUT2D eigenvalue weighted by Gasteiger charge is -1.90. The van der Waals surface area contributed by atoms with Gasteiger partial charge in [0.1, 0.15) is 0 Å². The van der Waals surface area contributed by atoms with Crippen LogP contribution in [0, 0.1) is 0 Å². The summed E-state index contributed by atoms with van der Waals surface area (Å²) in [5.41, 5.74) is 0.639. The van der Waals surface area contributed by atoms with E-state index in [2.05, 4.69) is 18.3 Å². The van der Waals surface area contributed by atoms with Gasteiger partial charge in [0.15, 0.2) is 0 Å². The first-order chi connectivity index (χ1) is 3.72. The summed E-state index contributed by atoms with van der Waals surface area (Å²) >= 11 is 0. The van der Waals surface area contributed by atoms with E-state index in [-0.39, 0.29) is 5.88 Å². The van der Waals surface area contributed by atoms with Crippen LogP contribution in [0.15, 0.2) is 29.1 Å². The van der Waals surface area contributed by atoms with Gasteiger partial charge in [-0.25, -0.2) is 4.99 Å². The van der Waals surface area contributed by atoms with Crippen molar-refractivity contribution >= 4 is 6.72 Å². The molecule has 0 aliphatic carbocycles. The molecule has 2 heteroatoms. The van der Waals surface area contributed by atoms with E-state index in [1.165, 1.54) is 6.08 Å². The van der Waals surface area contributed by atoms with Crippen LogP contribution in [-0.2, 0) is 0 Å². The summed E-state index contributed by atoms with van der Waals surface area (Å²) in [5.74, 6) is -0.0556. The quantitative estimate of drug-likeness (QED) is 0.328. The van der Waals surface area contributed by atoms with Crippen LogP contribution in [0.2, 0.25) is 0 Å². The Hall–Kier alpha value is -1.05. The Morgan fingerprint density at radius 3 is 2.38 bits per heavy atom. The van der Waals surface area contributed by atoms with Gasteiger partial charge in [-0.15, -0.1) is 0 Å². The third-order valence-corrected chi connectivity index (χ3v) is 0.809. The molecule has 0 aromatic heterocycles. The van der Waals surface area contributed by atoms with Crippen molar-refractivity contribution in [1.29, 1.82) is 0 Å². The molecule has 1 N–H and O–H groups in total. The highest BCUT2D eigenvalue weighted by atomic mass is 16.3. The van der Waals surface area contributed by atoms with Gasteiger partial charge in [-0.05, 0) is 13.6 Å². The number of aliphatic imine (C=N–C) groups is 1. The van der Waals surface area contributed by atoms with Crippen LogP contribution in [-0.4, -0.2) is 11.8 Å². The average molecular weight is 111 g/mol. The van der Waals surface area contributed by atoms with Crippen molar-refractivity contribution in [3.05, 3.63) is 24.1 Å². The van der Waals surface area contributed by atoms with Gasteiger partial charge >= 0.3 is 0 Å².